The van der Waals surface area contributed by atoms with E-state index < -0.39 is 0 Å². The molecular formula is C28H29N5O3. The summed E-state index contributed by atoms with van der Waals surface area (Å²) in [5, 5.41) is 8.36. The molecule has 0 spiro atoms. The SMILES string of the molecule is CN(Cc1cccc(OC2CCN(C(=O)c3ccccn3)CC2)c1)Cc1nnc(-c2ccccc2)o1. The summed E-state index contributed by atoms with van der Waals surface area (Å²) in [7, 11) is 2.02. The Bertz CT molecular complexity index is 1270. The monoisotopic (exact) mass is 483 g/mol. The van der Waals surface area contributed by atoms with Crippen molar-refractivity contribution in [3.8, 4) is 17.2 Å². The Labute approximate surface area is 210 Å². The number of amides is 1. The Morgan fingerprint density at radius 3 is 2.58 bits per heavy atom. The van der Waals surface area contributed by atoms with Gasteiger partial charge in [-0.1, -0.05) is 36.4 Å². The van der Waals surface area contributed by atoms with Crippen LogP contribution < -0.4 is 4.74 Å². The average Bonchev–Trinajstić information content (AvgIpc) is 3.38. The molecule has 8 heteroatoms. The van der Waals surface area contributed by atoms with Crippen LogP contribution in [0.1, 0.15) is 34.8 Å². The smallest absolute Gasteiger partial charge is 0.272 e. The predicted octanol–water partition coefficient (Wildman–Crippen LogP) is 4.45. The van der Waals surface area contributed by atoms with E-state index in [1.807, 2.05) is 66.5 Å². The zero-order chi connectivity index (χ0) is 24.7. The molecule has 1 amide bonds. The van der Waals surface area contributed by atoms with Gasteiger partial charge in [-0.15, -0.1) is 10.2 Å². The summed E-state index contributed by atoms with van der Waals surface area (Å²) in [6, 6.07) is 23.3. The van der Waals surface area contributed by atoms with Crippen LogP contribution >= 0.6 is 0 Å². The van der Waals surface area contributed by atoms with E-state index in [1.165, 1.54) is 0 Å². The van der Waals surface area contributed by atoms with Gasteiger partial charge in [0.25, 0.3) is 5.91 Å². The molecular weight excluding hydrogens is 454 g/mol. The van der Waals surface area contributed by atoms with Crippen LogP contribution in [-0.2, 0) is 13.1 Å². The number of ether oxygens (including phenoxy) is 1. The van der Waals surface area contributed by atoms with Gasteiger partial charge in [0.2, 0.25) is 11.8 Å². The summed E-state index contributed by atoms with van der Waals surface area (Å²) in [5.41, 5.74) is 2.54. The molecule has 4 aromatic rings. The highest BCUT2D eigenvalue weighted by Gasteiger charge is 2.25. The molecule has 1 aliphatic heterocycles. The van der Waals surface area contributed by atoms with Crippen molar-refractivity contribution in [2.45, 2.75) is 32.0 Å². The fraction of sp³-hybridized carbons (Fsp3) is 0.286. The quantitative estimate of drug-likeness (QED) is 0.366. The van der Waals surface area contributed by atoms with E-state index in [2.05, 4.69) is 32.2 Å². The average molecular weight is 484 g/mol. The minimum atomic E-state index is -0.0174. The van der Waals surface area contributed by atoms with Gasteiger partial charge in [0, 0.05) is 44.2 Å². The van der Waals surface area contributed by atoms with Crippen molar-refractivity contribution >= 4 is 5.91 Å². The predicted molar refractivity (Wildman–Crippen MR) is 135 cm³/mol. The third kappa shape index (κ3) is 5.95. The van der Waals surface area contributed by atoms with Crippen molar-refractivity contribution in [2.75, 3.05) is 20.1 Å². The summed E-state index contributed by atoms with van der Waals surface area (Å²) in [6.07, 6.45) is 3.32. The van der Waals surface area contributed by atoms with Crippen LogP contribution in [0.4, 0.5) is 0 Å². The molecule has 1 aliphatic rings. The maximum atomic E-state index is 12.6. The molecule has 5 rings (SSSR count). The van der Waals surface area contributed by atoms with Crippen LogP contribution in [0.2, 0.25) is 0 Å². The van der Waals surface area contributed by atoms with Gasteiger partial charge in [0.15, 0.2) is 0 Å². The number of piperidine rings is 1. The molecule has 2 aromatic carbocycles. The van der Waals surface area contributed by atoms with Crippen molar-refractivity contribution in [1.29, 1.82) is 0 Å². The van der Waals surface area contributed by atoms with E-state index in [4.69, 9.17) is 9.15 Å². The maximum absolute atomic E-state index is 12.6. The highest BCUT2D eigenvalue weighted by Crippen LogP contribution is 2.22. The molecule has 0 aliphatic carbocycles. The lowest BCUT2D eigenvalue weighted by molar-refractivity contribution is 0.0590. The molecule has 0 N–H and O–H groups in total. The van der Waals surface area contributed by atoms with Gasteiger partial charge in [-0.25, -0.2) is 0 Å². The second-order valence-corrected chi connectivity index (χ2v) is 9.01. The number of hydrogen-bond acceptors (Lipinski definition) is 7. The lowest BCUT2D eigenvalue weighted by Gasteiger charge is -2.32. The van der Waals surface area contributed by atoms with Crippen molar-refractivity contribution < 1.29 is 13.9 Å². The van der Waals surface area contributed by atoms with Crippen LogP contribution in [0, 0.1) is 0 Å². The number of pyridine rings is 1. The Morgan fingerprint density at radius 1 is 1.00 bits per heavy atom. The fourth-order valence-corrected chi connectivity index (χ4v) is 4.35. The van der Waals surface area contributed by atoms with Gasteiger partial charge < -0.3 is 14.1 Å². The summed E-state index contributed by atoms with van der Waals surface area (Å²) in [5.74, 6) is 1.94. The number of likely N-dealkylation sites (tertiary alicyclic amines) is 1. The van der Waals surface area contributed by atoms with Gasteiger partial charge in [-0.05, 0) is 49.0 Å². The topological polar surface area (TPSA) is 84.6 Å². The van der Waals surface area contributed by atoms with E-state index in [1.54, 1.807) is 12.3 Å². The zero-order valence-electron chi connectivity index (χ0n) is 20.3. The number of benzene rings is 2. The molecule has 0 saturated carbocycles. The van der Waals surface area contributed by atoms with Crippen molar-refractivity contribution in [3.05, 3.63) is 96.1 Å². The van der Waals surface area contributed by atoms with Gasteiger partial charge in [0.05, 0.1) is 6.54 Å². The van der Waals surface area contributed by atoms with Gasteiger partial charge in [-0.3, -0.25) is 14.7 Å². The molecule has 0 unspecified atom stereocenters. The van der Waals surface area contributed by atoms with E-state index in [0.29, 0.717) is 37.1 Å². The fourth-order valence-electron chi connectivity index (χ4n) is 4.35. The van der Waals surface area contributed by atoms with Crippen LogP contribution in [0.3, 0.4) is 0 Å². The minimum absolute atomic E-state index is 0.0174. The molecule has 1 fully saturated rings. The number of nitrogens with zero attached hydrogens (tertiary/aromatic N) is 5. The van der Waals surface area contributed by atoms with E-state index in [-0.39, 0.29) is 12.0 Å². The molecule has 1 saturated heterocycles. The molecule has 184 valence electrons. The van der Waals surface area contributed by atoms with Crippen LogP contribution in [0.5, 0.6) is 5.75 Å². The van der Waals surface area contributed by atoms with Crippen molar-refractivity contribution in [2.24, 2.45) is 0 Å². The minimum Gasteiger partial charge on any atom is -0.490 e. The highest BCUT2D eigenvalue weighted by atomic mass is 16.5. The largest absolute Gasteiger partial charge is 0.490 e. The van der Waals surface area contributed by atoms with Gasteiger partial charge in [-0.2, -0.15) is 0 Å². The molecule has 0 radical (unpaired) electrons. The van der Waals surface area contributed by atoms with Gasteiger partial charge in [0.1, 0.15) is 17.5 Å². The van der Waals surface area contributed by atoms with E-state index in [9.17, 15) is 4.79 Å². The summed E-state index contributed by atoms with van der Waals surface area (Å²) in [6.45, 7) is 2.60. The number of rotatable bonds is 8. The van der Waals surface area contributed by atoms with Crippen molar-refractivity contribution in [1.82, 2.24) is 25.0 Å². The first-order valence-electron chi connectivity index (χ1n) is 12.2. The van der Waals surface area contributed by atoms with Crippen LogP contribution in [0.15, 0.2) is 83.4 Å². The lowest BCUT2D eigenvalue weighted by Crippen LogP contribution is -2.42. The summed E-state index contributed by atoms with van der Waals surface area (Å²) >= 11 is 0. The number of carbonyl (C=O) groups is 1. The van der Waals surface area contributed by atoms with Crippen LogP contribution in [-0.4, -0.2) is 57.1 Å². The first-order valence-corrected chi connectivity index (χ1v) is 12.2. The lowest BCUT2D eigenvalue weighted by atomic mass is 10.1. The van der Waals surface area contributed by atoms with Crippen LogP contribution in [0.25, 0.3) is 11.5 Å². The number of hydrogen-bond donors (Lipinski definition) is 0. The Balaban J connectivity index is 1.12. The first-order chi connectivity index (χ1) is 17.6. The third-order valence-electron chi connectivity index (χ3n) is 6.16. The Kier molecular flexibility index (Phi) is 7.33. The molecule has 0 atom stereocenters. The van der Waals surface area contributed by atoms with E-state index >= 15 is 0 Å². The third-order valence-corrected chi connectivity index (χ3v) is 6.16. The van der Waals surface area contributed by atoms with Crippen molar-refractivity contribution in [3.63, 3.8) is 0 Å². The molecule has 36 heavy (non-hydrogen) atoms. The standard InChI is InChI=1S/C28H29N5O3/c1-32(20-26-30-31-27(36-26)22-9-3-2-4-10-22)19-21-8-7-11-24(18-21)35-23-13-16-33(17-14-23)28(34)25-12-5-6-15-29-25/h2-12,15,18,23H,13-14,16-17,19-20H2,1H3. The Hall–Kier alpha value is -4.04. The molecule has 2 aromatic heterocycles. The molecule has 3 heterocycles. The summed E-state index contributed by atoms with van der Waals surface area (Å²) in [4.78, 5) is 20.8. The van der Waals surface area contributed by atoms with E-state index in [0.717, 1.165) is 36.3 Å². The second-order valence-electron chi connectivity index (χ2n) is 9.01. The summed E-state index contributed by atoms with van der Waals surface area (Å²) < 4.78 is 12.1. The molecule has 0 bridgehead atoms. The maximum Gasteiger partial charge on any atom is 0.272 e. The second kappa shape index (κ2) is 11.1. The number of aromatic nitrogens is 3. The molecule has 8 nitrogen and oxygen atoms in total. The first kappa shape index (κ1) is 23.7. The number of carbonyl (C=O) groups excluding carboxylic acids is 1. The van der Waals surface area contributed by atoms with Gasteiger partial charge >= 0.3 is 0 Å². The normalized spacial score (nSPS) is 14.2. The Morgan fingerprint density at radius 2 is 1.81 bits per heavy atom. The zero-order valence-corrected chi connectivity index (χ0v) is 20.3. The highest BCUT2D eigenvalue weighted by molar-refractivity contribution is 5.92.